The minimum atomic E-state index is -0.364. The van der Waals surface area contributed by atoms with Crippen molar-refractivity contribution in [3.05, 3.63) is 26.8 Å². The van der Waals surface area contributed by atoms with Crippen molar-refractivity contribution >= 4 is 46.2 Å². The topological polar surface area (TPSA) is 57.7 Å². The van der Waals surface area contributed by atoms with Gasteiger partial charge in [-0.2, -0.15) is 0 Å². The molecule has 7 heteroatoms. The van der Waals surface area contributed by atoms with E-state index < -0.39 is 0 Å². The van der Waals surface area contributed by atoms with E-state index in [9.17, 15) is 14.4 Å². The first kappa shape index (κ1) is 17.2. The molecule has 3 amide bonds. The first-order chi connectivity index (χ1) is 11.5. The number of likely N-dealkylation sites (tertiary alicyclic amines) is 1. The zero-order valence-corrected chi connectivity index (χ0v) is 15.4. The number of carbonyl (C=O) groups excluding carboxylic acids is 3. The van der Waals surface area contributed by atoms with E-state index in [0.29, 0.717) is 23.9 Å². The number of hydrogen-bond acceptors (Lipinski definition) is 5. The number of amides is 3. The number of carbonyl (C=O) groups is 3. The molecule has 5 nitrogen and oxygen atoms in total. The largest absolute Gasteiger partial charge is 0.341 e. The summed E-state index contributed by atoms with van der Waals surface area (Å²) >= 11 is 2.44. The maximum absolute atomic E-state index is 12.5. The van der Waals surface area contributed by atoms with Crippen molar-refractivity contribution in [2.24, 2.45) is 5.92 Å². The fourth-order valence-electron chi connectivity index (χ4n) is 2.78. The summed E-state index contributed by atoms with van der Waals surface area (Å²) in [4.78, 5) is 41.2. The predicted molar refractivity (Wildman–Crippen MR) is 96.7 cm³/mol. The Kier molecular flexibility index (Phi) is 5.10. The Bertz CT molecular complexity index is 702. The smallest absolute Gasteiger partial charge is 0.294 e. The van der Waals surface area contributed by atoms with Crippen LogP contribution in [0.25, 0.3) is 6.08 Å². The summed E-state index contributed by atoms with van der Waals surface area (Å²) in [5, 5.41) is 1.59. The average Bonchev–Trinajstić information content (AvgIpc) is 3.07. The normalized spacial score (nSPS) is 21.2. The maximum Gasteiger partial charge on any atom is 0.294 e. The van der Waals surface area contributed by atoms with Gasteiger partial charge in [-0.1, -0.05) is 6.92 Å². The van der Waals surface area contributed by atoms with Crippen molar-refractivity contribution < 1.29 is 14.4 Å². The van der Waals surface area contributed by atoms with E-state index in [-0.39, 0.29) is 23.6 Å². The quantitative estimate of drug-likeness (QED) is 0.772. The monoisotopic (exact) mass is 364 g/mol. The molecule has 2 fully saturated rings. The predicted octanol–water partition coefficient (Wildman–Crippen LogP) is 3.35. The number of imide groups is 1. The van der Waals surface area contributed by atoms with Crippen LogP contribution in [0.4, 0.5) is 4.79 Å². The number of piperidine rings is 1. The maximum atomic E-state index is 12.5. The van der Waals surface area contributed by atoms with E-state index in [1.807, 2.05) is 18.4 Å². The zero-order chi connectivity index (χ0) is 17.3. The fourth-order valence-corrected chi connectivity index (χ4v) is 4.53. The standard InChI is InChI=1S/C17H20N2O3S2/c1-11-3-6-18(7-4-11)15(20)10-19-16(21)14(24-17(19)22)9-13-12(2)5-8-23-13/h5,8-9,11H,3-4,6-7,10H2,1-2H3/b14-9+. The molecule has 128 valence electrons. The van der Waals surface area contributed by atoms with Crippen LogP contribution in [-0.2, 0) is 9.59 Å². The molecule has 0 aliphatic carbocycles. The van der Waals surface area contributed by atoms with Gasteiger partial charge in [0, 0.05) is 18.0 Å². The molecule has 2 aliphatic heterocycles. The second-order valence-electron chi connectivity index (χ2n) is 6.30. The number of nitrogens with zero attached hydrogens (tertiary/aromatic N) is 2. The van der Waals surface area contributed by atoms with Crippen LogP contribution in [0.15, 0.2) is 16.4 Å². The van der Waals surface area contributed by atoms with Crippen LogP contribution in [0.3, 0.4) is 0 Å². The van der Waals surface area contributed by atoms with E-state index in [1.54, 1.807) is 11.0 Å². The highest BCUT2D eigenvalue weighted by Crippen LogP contribution is 2.33. The molecule has 3 heterocycles. The summed E-state index contributed by atoms with van der Waals surface area (Å²) in [6.45, 7) is 5.41. The van der Waals surface area contributed by atoms with Crippen molar-refractivity contribution in [3.8, 4) is 0 Å². The molecule has 1 aromatic heterocycles. The summed E-state index contributed by atoms with van der Waals surface area (Å²) in [5.74, 6) is 0.123. The summed E-state index contributed by atoms with van der Waals surface area (Å²) < 4.78 is 0. The van der Waals surface area contributed by atoms with Crippen molar-refractivity contribution in [2.45, 2.75) is 26.7 Å². The Labute approximate surface area is 149 Å². The van der Waals surface area contributed by atoms with Crippen LogP contribution in [0.1, 0.15) is 30.2 Å². The first-order valence-corrected chi connectivity index (χ1v) is 9.72. The van der Waals surface area contributed by atoms with Gasteiger partial charge in [-0.05, 0) is 60.5 Å². The molecule has 2 saturated heterocycles. The summed E-state index contributed by atoms with van der Waals surface area (Å²) in [7, 11) is 0. The van der Waals surface area contributed by atoms with Crippen molar-refractivity contribution in [1.82, 2.24) is 9.80 Å². The highest BCUT2D eigenvalue weighted by molar-refractivity contribution is 8.18. The molecule has 2 aliphatic rings. The summed E-state index contributed by atoms with van der Waals surface area (Å²) in [5.41, 5.74) is 1.07. The van der Waals surface area contributed by atoms with Gasteiger partial charge in [0.25, 0.3) is 11.1 Å². The van der Waals surface area contributed by atoms with Crippen LogP contribution in [0.2, 0.25) is 0 Å². The summed E-state index contributed by atoms with van der Waals surface area (Å²) in [6.07, 6.45) is 3.70. The number of rotatable bonds is 3. The van der Waals surface area contributed by atoms with Crippen LogP contribution >= 0.6 is 23.1 Å². The minimum absolute atomic E-state index is 0.141. The third-order valence-electron chi connectivity index (χ3n) is 4.47. The molecule has 1 aromatic rings. The second-order valence-corrected chi connectivity index (χ2v) is 8.24. The van der Waals surface area contributed by atoms with E-state index in [1.165, 1.54) is 11.3 Å². The fraction of sp³-hybridized carbons (Fsp3) is 0.471. The average molecular weight is 364 g/mol. The van der Waals surface area contributed by atoms with Gasteiger partial charge >= 0.3 is 0 Å². The molecule has 0 radical (unpaired) electrons. The molecule has 24 heavy (non-hydrogen) atoms. The van der Waals surface area contributed by atoms with Gasteiger partial charge in [-0.25, -0.2) is 0 Å². The van der Waals surface area contributed by atoms with Crippen molar-refractivity contribution in [3.63, 3.8) is 0 Å². The third kappa shape index (κ3) is 3.57. The van der Waals surface area contributed by atoms with E-state index in [0.717, 1.165) is 39.9 Å². The van der Waals surface area contributed by atoms with Gasteiger partial charge in [0.1, 0.15) is 6.54 Å². The van der Waals surface area contributed by atoms with E-state index in [4.69, 9.17) is 0 Å². The number of hydrogen-bond donors (Lipinski definition) is 0. The Balaban J connectivity index is 1.67. The van der Waals surface area contributed by atoms with Crippen LogP contribution in [0.5, 0.6) is 0 Å². The first-order valence-electron chi connectivity index (χ1n) is 8.03. The molecule has 0 N–H and O–H groups in total. The third-order valence-corrected chi connectivity index (χ3v) is 6.34. The minimum Gasteiger partial charge on any atom is -0.341 e. The van der Waals surface area contributed by atoms with Crippen molar-refractivity contribution in [2.75, 3.05) is 19.6 Å². The lowest BCUT2D eigenvalue weighted by Gasteiger charge is -2.31. The molecular formula is C17H20N2O3S2. The SMILES string of the molecule is Cc1ccsc1/C=C1/SC(=O)N(CC(=O)N2CCC(C)CC2)C1=O. The lowest BCUT2D eigenvalue weighted by Crippen LogP contribution is -2.45. The molecule has 0 spiro atoms. The zero-order valence-electron chi connectivity index (χ0n) is 13.8. The van der Waals surface area contributed by atoms with Gasteiger partial charge in [0.15, 0.2) is 0 Å². The van der Waals surface area contributed by atoms with Gasteiger partial charge in [0.05, 0.1) is 4.91 Å². The Morgan fingerprint density at radius 2 is 2.04 bits per heavy atom. The lowest BCUT2D eigenvalue weighted by atomic mass is 9.99. The van der Waals surface area contributed by atoms with Crippen LogP contribution in [-0.4, -0.2) is 46.5 Å². The molecular weight excluding hydrogens is 344 g/mol. The van der Waals surface area contributed by atoms with E-state index >= 15 is 0 Å². The molecule has 0 aromatic carbocycles. The second kappa shape index (κ2) is 7.11. The van der Waals surface area contributed by atoms with Crippen LogP contribution < -0.4 is 0 Å². The Morgan fingerprint density at radius 3 is 2.67 bits per heavy atom. The number of aryl methyl sites for hydroxylation is 1. The highest BCUT2D eigenvalue weighted by atomic mass is 32.2. The molecule has 0 atom stereocenters. The van der Waals surface area contributed by atoms with Gasteiger partial charge in [0.2, 0.25) is 5.91 Å². The van der Waals surface area contributed by atoms with Gasteiger partial charge < -0.3 is 4.90 Å². The molecule has 0 bridgehead atoms. The number of thiophene rings is 1. The van der Waals surface area contributed by atoms with Crippen LogP contribution in [0, 0.1) is 12.8 Å². The van der Waals surface area contributed by atoms with E-state index in [2.05, 4.69) is 6.92 Å². The molecule has 3 rings (SSSR count). The van der Waals surface area contributed by atoms with Gasteiger partial charge in [-0.3, -0.25) is 19.3 Å². The number of thioether (sulfide) groups is 1. The Morgan fingerprint density at radius 1 is 1.33 bits per heavy atom. The Hall–Kier alpha value is -1.60. The molecule has 0 saturated carbocycles. The summed E-state index contributed by atoms with van der Waals surface area (Å²) in [6, 6.07) is 1.97. The lowest BCUT2D eigenvalue weighted by molar-refractivity contribution is -0.136. The molecule has 0 unspecified atom stereocenters. The van der Waals surface area contributed by atoms with Crippen molar-refractivity contribution in [1.29, 1.82) is 0 Å². The highest BCUT2D eigenvalue weighted by Gasteiger charge is 2.37. The van der Waals surface area contributed by atoms with Gasteiger partial charge in [-0.15, -0.1) is 11.3 Å².